The van der Waals surface area contributed by atoms with Gasteiger partial charge in [-0.25, -0.2) is 5.06 Å². The van der Waals surface area contributed by atoms with E-state index in [0.29, 0.717) is 4.47 Å². The molecule has 0 radical (unpaired) electrons. The number of carbonyl (C=O) groups excluding carboxylic acids is 1. The maximum Gasteiger partial charge on any atom is 0.266 e. The molecule has 17 heavy (non-hydrogen) atoms. The van der Waals surface area contributed by atoms with Crippen LogP contribution >= 0.6 is 15.9 Å². The lowest BCUT2D eigenvalue weighted by Crippen LogP contribution is -2.34. The van der Waals surface area contributed by atoms with Gasteiger partial charge >= 0.3 is 0 Å². The number of carbonyl (C=O) groups is 1. The SMILES string of the molecule is O=C(Cn1cc(Br)ccc1=O)N1C[C@@H](O)CO1. The van der Waals surface area contributed by atoms with Crippen molar-refractivity contribution in [3.05, 3.63) is 33.2 Å². The van der Waals surface area contributed by atoms with Crippen molar-refractivity contribution in [3.8, 4) is 0 Å². The number of aliphatic hydroxyl groups excluding tert-OH is 1. The Balaban J connectivity index is 2.08. The average molecular weight is 303 g/mol. The lowest BCUT2D eigenvalue weighted by Gasteiger charge is -2.14. The standard InChI is InChI=1S/C10H11BrN2O4/c11-7-1-2-9(15)12(3-7)5-10(16)13-4-8(14)6-17-13/h1-3,8,14H,4-6H2/t8-/m1/s1. The summed E-state index contributed by atoms with van der Waals surface area (Å²) < 4.78 is 1.99. The van der Waals surface area contributed by atoms with Crippen molar-refractivity contribution >= 4 is 21.8 Å². The number of amides is 1. The molecule has 0 unspecified atom stereocenters. The Labute approximate surface area is 105 Å². The van der Waals surface area contributed by atoms with Crippen LogP contribution in [0.15, 0.2) is 27.6 Å². The van der Waals surface area contributed by atoms with Gasteiger partial charge in [-0.2, -0.15) is 0 Å². The molecule has 0 spiro atoms. The second-order valence-corrected chi connectivity index (χ2v) is 4.63. The number of β-amino-alcohol motifs (C(OH)–C–C–N with tert-alkyl or cyclic N) is 1. The largest absolute Gasteiger partial charge is 0.389 e. The van der Waals surface area contributed by atoms with Crippen molar-refractivity contribution < 1.29 is 14.7 Å². The predicted octanol–water partition coefficient (Wildman–Crippen LogP) is -0.254. The topological polar surface area (TPSA) is 71.8 Å². The summed E-state index contributed by atoms with van der Waals surface area (Å²) in [6, 6.07) is 2.98. The average Bonchev–Trinajstić information content (AvgIpc) is 2.70. The van der Waals surface area contributed by atoms with Gasteiger partial charge < -0.3 is 9.67 Å². The van der Waals surface area contributed by atoms with Crippen molar-refractivity contribution in [1.29, 1.82) is 0 Å². The fourth-order valence-corrected chi connectivity index (χ4v) is 1.88. The van der Waals surface area contributed by atoms with Crippen molar-refractivity contribution in [2.45, 2.75) is 12.6 Å². The van der Waals surface area contributed by atoms with Crippen LogP contribution in [-0.2, 0) is 16.2 Å². The molecule has 0 saturated carbocycles. The van der Waals surface area contributed by atoms with Crippen molar-refractivity contribution in [2.75, 3.05) is 13.2 Å². The number of rotatable bonds is 2. The van der Waals surface area contributed by atoms with Crippen molar-refractivity contribution in [2.24, 2.45) is 0 Å². The van der Waals surface area contributed by atoms with Crippen LogP contribution in [0.25, 0.3) is 0 Å². The van der Waals surface area contributed by atoms with E-state index >= 15 is 0 Å². The van der Waals surface area contributed by atoms with Crippen LogP contribution < -0.4 is 5.56 Å². The highest BCUT2D eigenvalue weighted by Crippen LogP contribution is 2.08. The number of nitrogens with zero attached hydrogens (tertiary/aromatic N) is 2. The third-order valence-electron chi connectivity index (χ3n) is 2.33. The molecule has 1 atom stereocenters. The molecule has 1 fully saturated rings. The predicted molar refractivity (Wildman–Crippen MR) is 62.1 cm³/mol. The van der Waals surface area contributed by atoms with Gasteiger partial charge in [-0.1, -0.05) is 0 Å². The van der Waals surface area contributed by atoms with E-state index in [1.165, 1.54) is 16.8 Å². The number of aromatic nitrogens is 1. The quantitative estimate of drug-likeness (QED) is 0.817. The Kier molecular flexibility index (Phi) is 3.60. The number of hydrogen-bond donors (Lipinski definition) is 1. The summed E-state index contributed by atoms with van der Waals surface area (Å²) in [7, 11) is 0. The second-order valence-electron chi connectivity index (χ2n) is 3.72. The zero-order valence-corrected chi connectivity index (χ0v) is 10.5. The molecule has 1 aliphatic heterocycles. The van der Waals surface area contributed by atoms with Crippen molar-refractivity contribution in [3.63, 3.8) is 0 Å². The second kappa shape index (κ2) is 4.99. The van der Waals surface area contributed by atoms with Crippen LogP contribution in [0.1, 0.15) is 0 Å². The molecule has 7 heteroatoms. The minimum absolute atomic E-state index is 0.106. The van der Waals surface area contributed by atoms with Gasteiger partial charge in [0.1, 0.15) is 13.2 Å². The van der Waals surface area contributed by atoms with Crippen LogP contribution in [0, 0.1) is 0 Å². The monoisotopic (exact) mass is 302 g/mol. The van der Waals surface area contributed by atoms with Crippen LogP contribution in [0.2, 0.25) is 0 Å². The summed E-state index contributed by atoms with van der Waals surface area (Å²) in [5, 5.41) is 10.3. The molecule has 1 saturated heterocycles. The van der Waals surface area contributed by atoms with Gasteiger partial charge in [0, 0.05) is 16.7 Å². The first-order valence-corrected chi connectivity index (χ1v) is 5.83. The Hall–Kier alpha value is -1.18. The number of hydrogen-bond acceptors (Lipinski definition) is 4. The minimum Gasteiger partial charge on any atom is -0.389 e. The summed E-state index contributed by atoms with van der Waals surface area (Å²) >= 11 is 3.22. The van der Waals surface area contributed by atoms with Crippen LogP contribution in [-0.4, -0.2) is 39.9 Å². The highest BCUT2D eigenvalue weighted by Gasteiger charge is 2.26. The first-order valence-electron chi connectivity index (χ1n) is 5.03. The van der Waals surface area contributed by atoms with E-state index in [1.807, 2.05) is 0 Å². The summed E-state index contributed by atoms with van der Waals surface area (Å²) in [6.07, 6.45) is 0.880. The zero-order valence-electron chi connectivity index (χ0n) is 8.88. The Morgan fingerprint density at radius 1 is 1.59 bits per heavy atom. The first-order chi connectivity index (χ1) is 8.06. The summed E-state index contributed by atoms with van der Waals surface area (Å²) in [6.45, 7) is 0.145. The molecule has 1 N–H and O–H groups in total. The van der Waals surface area contributed by atoms with E-state index in [0.717, 1.165) is 5.06 Å². The van der Waals surface area contributed by atoms with Gasteiger partial charge in [-0.3, -0.25) is 14.4 Å². The molecule has 2 heterocycles. The highest BCUT2D eigenvalue weighted by molar-refractivity contribution is 9.10. The molecule has 0 aliphatic carbocycles. The molecule has 6 nitrogen and oxygen atoms in total. The van der Waals surface area contributed by atoms with E-state index < -0.39 is 6.10 Å². The van der Waals surface area contributed by atoms with E-state index in [4.69, 9.17) is 4.84 Å². The van der Waals surface area contributed by atoms with Gasteiger partial charge in [0.25, 0.3) is 11.5 Å². The van der Waals surface area contributed by atoms with E-state index in [-0.39, 0.29) is 31.2 Å². The van der Waals surface area contributed by atoms with Gasteiger partial charge in [0.2, 0.25) is 0 Å². The lowest BCUT2D eigenvalue weighted by molar-refractivity contribution is -0.169. The summed E-state index contributed by atoms with van der Waals surface area (Å²) in [4.78, 5) is 28.2. The zero-order chi connectivity index (χ0) is 12.4. The number of aliphatic hydroxyl groups is 1. The third-order valence-corrected chi connectivity index (χ3v) is 2.80. The summed E-state index contributed by atoms with van der Waals surface area (Å²) in [5.74, 6) is -0.359. The van der Waals surface area contributed by atoms with Crippen LogP contribution in [0.4, 0.5) is 0 Å². The Morgan fingerprint density at radius 3 is 3.00 bits per heavy atom. The van der Waals surface area contributed by atoms with Crippen LogP contribution in [0.5, 0.6) is 0 Å². The first kappa shape index (κ1) is 12.3. The van der Waals surface area contributed by atoms with Gasteiger partial charge in [0.05, 0.1) is 12.6 Å². The molecular weight excluding hydrogens is 292 g/mol. The number of halogens is 1. The van der Waals surface area contributed by atoms with Crippen LogP contribution in [0.3, 0.4) is 0 Å². The Bertz CT molecular complexity index is 487. The maximum atomic E-state index is 11.7. The van der Waals surface area contributed by atoms with Gasteiger partial charge in [-0.05, 0) is 22.0 Å². The fraction of sp³-hybridized carbons (Fsp3) is 0.400. The van der Waals surface area contributed by atoms with E-state index in [1.54, 1.807) is 6.07 Å². The Morgan fingerprint density at radius 2 is 2.35 bits per heavy atom. The van der Waals surface area contributed by atoms with E-state index in [2.05, 4.69) is 15.9 Å². The molecule has 0 bridgehead atoms. The lowest BCUT2D eigenvalue weighted by atomic mass is 10.4. The highest BCUT2D eigenvalue weighted by atomic mass is 79.9. The molecular formula is C10H11BrN2O4. The molecule has 1 aromatic rings. The number of pyridine rings is 1. The fourth-order valence-electron chi connectivity index (χ4n) is 1.50. The summed E-state index contributed by atoms with van der Waals surface area (Å²) in [5.41, 5.74) is -0.263. The smallest absolute Gasteiger partial charge is 0.266 e. The molecule has 0 aromatic carbocycles. The maximum absolute atomic E-state index is 11.7. The van der Waals surface area contributed by atoms with Crippen molar-refractivity contribution in [1.82, 2.24) is 9.63 Å². The normalized spacial score (nSPS) is 19.6. The third kappa shape index (κ3) is 2.93. The molecule has 92 valence electrons. The molecule has 1 aromatic heterocycles. The van der Waals surface area contributed by atoms with Gasteiger partial charge in [-0.15, -0.1) is 0 Å². The van der Waals surface area contributed by atoms with Gasteiger partial charge in [0.15, 0.2) is 0 Å². The molecule has 1 aliphatic rings. The van der Waals surface area contributed by atoms with E-state index in [9.17, 15) is 14.7 Å². The molecule has 1 amide bonds. The number of hydroxylamine groups is 2. The minimum atomic E-state index is -0.654. The molecule has 2 rings (SSSR count).